The van der Waals surface area contributed by atoms with Crippen LogP contribution in [0.3, 0.4) is 0 Å². The smallest absolute Gasteiger partial charge is 0.317 e. The Labute approximate surface area is 187 Å². The number of ether oxygens (including phenoxy) is 5. The molecule has 1 aliphatic carbocycles. The number of methoxy groups -OCH3 is 4. The molecule has 2 aromatic carbocycles. The normalized spacial score (nSPS) is 17.9. The highest BCUT2D eigenvalue weighted by molar-refractivity contribution is 6.11. The molecular weight excluding hydrogens is 412 g/mol. The Morgan fingerprint density at radius 2 is 1.72 bits per heavy atom. The molecule has 0 saturated heterocycles. The molecule has 170 valence electrons. The Morgan fingerprint density at radius 3 is 2.34 bits per heavy atom. The maximum Gasteiger partial charge on any atom is 0.317 e. The fourth-order valence-electron chi connectivity index (χ4n) is 4.13. The molecule has 0 amide bonds. The molecule has 0 bridgehead atoms. The Hall–Kier alpha value is -3.48. The summed E-state index contributed by atoms with van der Waals surface area (Å²) in [5.41, 5.74) is 2.22. The van der Waals surface area contributed by atoms with Gasteiger partial charge in [0.05, 0.1) is 35.0 Å². The zero-order valence-corrected chi connectivity index (χ0v) is 19.0. The minimum atomic E-state index is -0.982. The van der Waals surface area contributed by atoms with Crippen molar-refractivity contribution in [3.8, 4) is 23.0 Å². The standard InChI is InChI=1S/C25H28O7/c1-6-32-25(27)23-19(18-8-7-9-21(29-3)24(18)31-5)12-15(13-20(23)26)17-11-10-16(28-2)14-22(17)30-4/h7-11,13-14,19,23H,6,12H2,1-5H3/t19-,23+/m1/s1. The SMILES string of the molecule is CCOC(=O)[C@@H]1C(=O)C=C(c2ccc(OC)cc2OC)C[C@@H]1c1cccc(OC)c1OC. The van der Waals surface area contributed by atoms with Crippen molar-refractivity contribution in [1.29, 1.82) is 0 Å². The molecule has 1 aliphatic rings. The Morgan fingerprint density at radius 1 is 0.969 bits per heavy atom. The number of ketones is 1. The molecule has 0 N–H and O–H groups in total. The Bertz CT molecular complexity index is 1020. The predicted molar refractivity (Wildman–Crippen MR) is 120 cm³/mol. The molecule has 0 aromatic heterocycles. The minimum Gasteiger partial charge on any atom is -0.497 e. The van der Waals surface area contributed by atoms with E-state index in [2.05, 4.69) is 0 Å². The number of para-hydroxylation sites is 1. The van der Waals surface area contributed by atoms with Crippen LogP contribution in [0.1, 0.15) is 30.4 Å². The van der Waals surface area contributed by atoms with E-state index in [-0.39, 0.29) is 12.4 Å². The first kappa shape index (κ1) is 23.2. The van der Waals surface area contributed by atoms with Crippen LogP contribution in [0.4, 0.5) is 0 Å². The van der Waals surface area contributed by atoms with Crippen molar-refractivity contribution < 1.29 is 33.3 Å². The molecule has 0 fully saturated rings. The lowest BCUT2D eigenvalue weighted by Crippen LogP contribution is -2.34. The number of benzene rings is 2. The first-order chi connectivity index (χ1) is 15.5. The maximum atomic E-state index is 13.2. The molecule has 0 unspecified atom stereocenters. The lowest BCUT2D eigenvalue weighted by molar-refractivity contribution is -0.151. The van der Waals surface area contributed by atoms with Crippen molar-refractivity contribution in [2.45, 2.75) is 19.3 Å². The number of carbonyl (C=O) groups is 2. The second-order valence-corrected chi connectivity index (χ2v) is 7.26. The van der Waals surface area contributed by atoms with E-state index in [9.17, 15) is 9.59 Å². The average molecular weight is 440 g/mol. The number of rotatable bonds is 8. The topological polar surface area (TPSA) is 80.3 Å². The molecule has 0 saturated carbocycles. The first-order valence-corrected chi connectivity index (χ1v) is 10.3. The van der Waals surface area contributed by atoms with Gasteiger partial charge in [-0.3, -0.25) is 9.59 Å². The van der Waals surface area contributed by atoms with Crippen molar-refractivity contribution in [3.63, 3.8) is 0 Å². The van der Waals surface area contributed by atoms with Crippen LogP contribution in [0, 0.1) is 5.92 Å². The van der Waals surface area contributed by atoms with Crippen LogP contribution in [0.2, 0.25) is 0 Å². The van der Waals surface area contributed by atoms with E-state index < -0.39 is 17.8 Å². The average Bonchev–Trinajstić information content (AvgIpc) is 2.82. The summed E-state index contributed by atoms with van der Waals surface area (Å²) in [6.45, 7) is 1.91. The molecular formula is C25H28O7. The number of hydrogen-bond donors (Lipinski definition) is 0. The van der Waals surface area contributed by atoms with Gasteiger partial charge in [-0.1, -0.05) is 12.1 Å². The van der Waals surface area contributed by atoms with Crippen molar-refractivity contribution >= 4 is 17.3 Å². The molecule has 7 heteroatoms. The van der Waals surface area contributed by atoms with Gasteiger partial charge in [0.25, 0.3) is 0 Å². The third-order valence-corrected chi connectivity index (χ3v) is 5.59. The summed E-state index contributed by atoms with van der Waals surface area (Å²) in [4.78, 5) is 26.1. The molecule has 0 radical (unpaired) electrons. The van der Waals surface area contributed by atoms with Crippen LogP contribution in [0.5, 0.6) is 23.0 Å². The van der Waals surface area contributed by atoms with Gasteiger partial charge in [-0.2, -0.15) is 0 Å². The molecule has 32 heavy (non-hydrogen) atoms. The van der Waals surface area contributed by atoms with Gasteiger partial charge in [-0.25, -0.2) is 0 Å². The zero-order chi connectivity index (χ0) is 23.3. The third kappa shape index (κ3) is 4.42. The van der Waals surface area contributed by atoms with Crippen LogP contribution in [0.25, 0.3) is 5.57 Å². The highest BCUT2D eigenvalue weighted by Crippen LogP contribution is 2.47. The molecule has 2 aromatic rings. The highest BCUT2D eigenvalue weighted by Gasteiger charge is 2.41. The van der Waals surface area contributed by atoms with Crippen molar-refractivity contribution in [1.82, 2.24) is 0 Å². The largest absolute Gasteiger partial charge is 0.497 e. The third-order valence-electron chi connectivity index (χ3n) is 5.59. The van der Waals surface area contributed by atoms with Crippen molar-refractivity contribution in [2.75, 3.05) is 35.0 Å². The van der Waals surface area contributed by atoms with Crippen LogP contribution < -0.4 is 18.9 Å². The summed E-state index contributed by atoms with van der Waals surface area (Å²) in [5, 5.41) is 0. The minimum absolute atomic E-state index is 0.188. The van der Waals surface area contributed by atoms with Crippen LogP contribution in [-0.4, -0.2) is 46.8 Å². The van der Waals surface area contributed by atoms with Crippen LogP contribution in [0.15, 0.2) is 42.5 Å². The zero-order valence-electron chi connectivity index (χ0n) is 19.0. The van der Waals surface area contributed by atoms with Gasteiger partial charge >= 0.3 is 5.97 Å². The summed E-state index contributed by atoms with van der Waals surface area (Å²) in [5.74, 6) is -0.120. The fourth-order valence-corrected chi connectivity index (χ4v) is 4.13. The molecule has 0 heterocycles. The van der Waals surface area contributed by atoms with Crippen molar-refractivity contribution in [3.05, 3.63) is 53.6 Å². The summed E-state index contributed by atoms with van der Waals surface area (Å²) in [6, 6.07) is 10.9. The molecule has 0 spiro atoms. The summed E-state index contributed by atoms with van der Waals surface area (Å²) in [7, 11) is 6.22. The van der Waals surface area contributed by atoms with Gasteiger partial charge in [0.2, 0.25) is 0 Å². The second-order valence-electron chi connectivity index (χ2n) is 7.26. The summed E-state index contributed by atoms with van der Waals surface area (Å²) in [6.07, 6.45) is 1.91. The fraction of sp³-hybridized carbons (Fsp3) is 0.360. The quantitative estimate of drug-likeness (QED) is 0.453. The van der Waals surface area contributed by atoms with Gasteiger partial charge in [0.1, 0.15) is 17.4 Å². The number of carbonyl (C=O) groups excluding carboxylic acids is 2. The van der Waals surface area contributed by atoms with E-state index >= 15 is 0 Å². The van der Waals surface area contributed by atoms with E-state index in [0.717, 1.165) is 11.1 Å². The highest BCUT2D eigenvalue weighted by atomic mass is 16.5. The Kier molecular flexibility index (Phi) is 7.41. The molecule has 2 atom stereocenters. The van der Waals surface area contributed by atoms with E-state index in [4.69, 9.17) is 23.7 Å². The van der Waals surface area contributed by atoms with E-state index in [1.807, 2.05) is 24.3 Å². The number of esters is 1. The van der Waals surface area contributed by atoms with Gasteiger partial charge in [-0.15, -0.1) is 0 Å². The molecule has 3 rings (SSSR count). The van der Waals surface area contributed by atoms with E-state index in [0.29, 0.717) is 35.0 Å². The van der Waals surface area contributed by atoms with Gasteiger partial charge in [0, 0.05) is 23.1 Å². The maximum absolute atomic E-state index is 13.2. The monoisotopic (exact) mass is 440 g/mol. The second kappa shape index (κ2) is 10.2. The van der Waals surface area contributed by atoms with Gasteiger partial charge in [0.15, 0.2) is 17.3 Å². The van der Waals surface area contributed by atoms with E-state index in [1.165, 1.54) is 13.2 Å². The lowest BCUT2D eigenvalue weighted by Gasteiger charge is -2.31. The van der Waals surface area contributed by atoms with Gasteiger partial charge in [-0.05, 0) is 43.2 Å². The number of hydrogen-bond acceptors (Lipinski definition) is 7. The van der Waals surface area contributed by atoms with Crippen LogP contribution in [-0.2, 0) is 14.3 Å². The molecule has 0 aliphatic heterocycles. The van der Waals surface area contributed by atoms with Crippen molar-refractivity contribution in [2.24, 2.45) is 5.92 Å². The number of allylic oxidation sites excluding steroid dienone is 2. The predicted octanol–water partition coefficient (Wildman–Crippen LogP) is 4.04. The lowest BCUT2D eigenvalue weighted by atomic mass is 9.73. The summed E-state index contributed by atoms with van der Waals surface area (Å²) < 4.78 is 27.1. The van der Waals surface area contributed by atoms with Crippen LogP contribution >= 0.6 is 0 Å². The molecule has 7 nitrogen and oxygen atoms in total. The Balaban J connectivity index is 2.14. The van der Waals surface area contributed by atoms with E-state index in [1.54, 1.807) is 40.4 Å². The summed E-state index contributed by atoms with van der Waals surface area (Å²) >= 11 is 0. The van der Waals surface area contributed by atoms with Gasteiger partial charge < -0.3 is 23.7 Å². The first-order valence-electron chi connectivity index (χ1n) is 10.3.